The van der Waals surface area contributed by atoms with Crippen molar-refractivity contribution in [2.75, 3.05) is 30.0 Å². The second kappa shape index (κ2) is 7.57. The number of nitrogens with zero attached hydrogens (tertiary/aromatic N) is 3. The predicted molar refractivity (Wildman–Crippen MR) is 109 cm³/mol. The van der Waals surface area contributed by atoms with Crippen molar-refractivity contribution in [3.63, 3.8) is 0 Å². The van der Waals surface area contributed by atoms with Gasteiger partial charge in [-0.15, -0.1) is 23.7 Å². The van der Waals surface area contributed by atoms with Crippen LogP contribution in [0.15, 0.2) is 23.6 Å². The maximum absolute atomic E-state index is 6.27. The van der Waals surface area contributed by atoms with Crippen molar-refractivity contribution in [3.8, 4) is 10.6 Å². The zero-order valence-electron chi connectivity index (χ0n) is 13.3. The van der Waals surface area contributed by atoms with Crippen molar-refractivity contribution < 1.29 is 0 Å². The van der Waals surface area contributed by atoms with Gasteiger partial charge in [-0.05, 0) is 25.1 Å². The van der Waals surface area contributed by atoms with Crippen LogP contribution in [0.3, 0.4) is 0 Å². The lowest BCUT2D eigenvalue weighted by Gasteiger charge is -2.14. The van der Waals surface area contributed by atoms with Gasteiger partial charge in [0.15, 0.2) is 10.3 Å². The lowest BCUT2D eigenvalue weighted by Crippen LogP contribution is -2.08. The van der Waals surface area contributed by atoms with Gasteiger partial charge < -0.3 is 16.0 Å². The van der Waals surface area contributed by atoms with Crippen LogP contribution in [0.25, 0.3) is 10.6 Å². The second-order valence-electron chi connectivity index (χ2n) is 5.19. The van der Waals surface area contributed by atoms with E-state index < -0.39 is 0 Å². The molecule has 0 atom stereocenters. The lowest BCUT2D eigenvalue weighted by atomic mass is 10.2. The molecule has 0 spiro atoms. The molecule has 0 aliphatic rings. The molecule has 0 radical (unpaired) electrons. The average molecular weight is 402 g/mol. The molecule has 3 rings (SSSR count). The molecule has 2 aromatic heterocycles. The Kier molecular flexibility index (Phi) is 5.92. The molecule has 0 amide bonds. The first-order chi connectivity index (χ1) is 10.9. The fraction of sp³-hybridized carbons (Fsp3) is 0.200. The molecule has 128 valence electrons. The van der Waals surface area contributed by atoms with E-state index in [2.05, 4.69) is 15.3 Å². The number of benzene rings is 1. The van der Waals surface area contributed by atoms with Crippen molar-refractivity contribution in [2.45, 2.75) is 6.92 Å². The summed E-state index contributed by atoms with van der Waals surface area (Å²) in [5, 5.41) is 7.27. The molecule has 0 bridgehead atoms. The number of nitrogens with two attached hydrogens (primary N) is 1. The number of halogens is 2. The minimum Gasteiger partial charge on any atom is -0.378 e. The van der Waals surface area contributed by atoms with Gasteiger partial charge >= 0.3 is 0 Å². The molecule has 0 aliphatic heterocycles. The van der Waals surface area contributed by atoms with Crippen molar-refractivity contribution in [1.82, 2.24) is 9.97 Å². The standard InChI is InChI=1S/C15H16ClN5S2.ClH/c1-8-13(23-14(17)18-8)12-7-22-15(20-12)19-11-6-9(21(2)3)4-5-10(11)16;/h4-7H,1-3H3,(H2,17,18)(H,19,20);1H. The van der Waals surface area contributed by atoms with Crippen LogP contribution in [-0.4, -0.2) is 24.1 Å². The van der Waals surface area contributed by atoms with Gasteiger partial charge in [0.25, 0.3) is 0 Å². The minimum absolute atomic E-state index is 0. The van der Waals surface area contributed by atoms with E-state index in [1.165, 1.54) is 22.7 Å². The quantitative estimate of drug-likeness (QED) is 0.640. The normalized spacial score (nSPS) is 10.3. The number of hydrogen-bond acceptors (Lipinski definition) is 7. The zero-order chi connectivity index (χ0) is 16.6. The summed E-state index contributed by atoms with van der Waals surface area (Å²) in [5.41, 5.74) is 9.44. The number of rotatable bonds is 4. The third kappa shape index (κ3) is 3.92. The topological polar surface area (TPSA) is 67.1 Å². The van der Waals surface area contributed by atoms with Gasteiger partial charge in [-0.1, -0.05) is 22.9 Å². The van der Waals surface area contributed by atoms with Crippen molar-refractivity contribution in [2.24, 2.45) is 0 Å². The van der Waals surface area contributed by atoms with Crippen LogP contribution in [-0.2, 0) is 0 Å². The second-order valence-corrected chi connectivity index (χ2v) is 7.48. The van der Waals surface area contributed by atoms with E-state index in [-0.39, 0.29) is 12.4 Å². The van der Waals surface area contributed by atoms with E-state index in [4.69, 9.17) is 17.3 Å². The average Bonchev–Trinajstić information content (AvgIpc) is 3.07. The number of nitrogens with one attached hydrogen (secondary N) is 1. The summed E-state index contributed by atoms with van der Waals surface area (Å²) in [6.07, 6.45) is 0. The lowest BCUT2D eigenvalue weighted by molar-refractivity contribution is 1.13. The van der Waals surface area contributed by atoms with Gasteiger partial charge in [0.2, 0.25) is 0 Å². The molecule has 1 aromatic carbocycles. The van der Waals surface area contributed by atoms with Gasteiger partial charge in [0.05, 0.1) is 27.0 Å². The summed E-state index contributed by atoms with van der Waals surface area (Å²) in [5.74, 6) is 0. The van der Waals surface area contributed by atoms with Crippen LogP contribution in [0.1, 0.15) is 5.69 Å². The Balaban J connectivity index is 0.00000208. The van der Waals surface area contributed by atoms with Crippen LogP contribution >= 0.6 is 46.7 Å². The Morgan fingerprint density at radius 2 is 2.00 bits per heavy atom. The third-order valence-corrected chi connectivity index (χ3v) is 5.35. The summed E-state index contributed by atoms with van der Waals surface area (Å²) < 4.78 is 0. The minimum atomic E-state index is 0. The summed E-state index contributed by atoms with van der Waals surface area (Å²) in [7, 11) is 3.98. The Morgan fingerprint density at radius 3 is 2.62 bits per heavy atom. The van der Waals surface area contributed by atoms with Crippen LogP contribution in [0.2, 0.25) is 5.02 Å². The summed E-state index contributed by atoms with van der Waals surface area (Å²) in [6, 6.07) is 5.85. The van der Waals surface area contributed by atoms with Gasteiger partial charge in [-0.25, -0.2) is 9.97 Å². The number of anilines is 4. The highest BCUT2D eigenvalue weighted by atomic mass is 35.5. The Morgan fingerprint density at radius 1 is 1.25 bits per heavy atom. The van der Waals surface area contributed by atoms with E-state index in [0.29, 0.717) is 10.2 Å². The van der Waals surface area contributed by atoms with E-state index in [0.717, 1.165) is 32.8 Å². The molecule has 0 aliphatic carbocycles. The highest BCUT2D eigenvalue weighted by molar-refractivity contribution is 7.19. The SMILES string of the molecule is Cc1nc(N)sc1-c1csc(Nc2cc(N(C)C)ccc2Cl)n1.Cl. The number of thiazole rings is 2. The zero-order valence-corrected chi connectivity index (χ0v) is 16.5. The summed E-state index contributed by atoms with van der Waals surface area (Å²) in [4.78, 5) is 11.9. The highest BCUT2D eigenvalue weighted by Gasteiger charge is 2.13. The number of hydrogen-bond donors (Lipinski definition) is 2. The maximum atomic E-state index is 6.27. The summed E-state index contributed by atoms with van der Waals surface area (Å²) in [6.45, 7) is 1.94. The Bertz CT molecular complexity index is 844. The number of aromatic nitrogens is 2. The molecule has 0 fully saturated rings. The molecule has 3 aromatic rings. The maximum Gasteiger partial charge on any atom is 0.187 e. The molecule has 0 saturated heterocycles. The Labute approximate surface area is 159 Å². The van der Waals surface area contributed by atoms with Crippen LogP contribution in [0, 0.1) is 6.92 Å². The van der Waals surface area contributed by atoms with Gasteiger partial charge in [-0.2, -0.15) is 0 Å². The fourth-order valence-electron chi connectivity index (χ4n) is 2.09. The van der Waals surface area contributed by atoms with Crippen molar-refractivity contribution in [1.29, 1.82) is 0 Å². The molecule has 5 nitrogen and oxygen atoms in total. The first-order valence-corrected chi connectivity index (χ1v) is 8.94. The van der Waals surface area contributed by atoms with Crippen LogP contribution < -0.4 is 16.0 Å². The van der Waals surface area contributed by atoms with Gasteiger partial charge in [-0.3, -0.25) is 0 Å². The molecule has 3 N–H and O–H groups in total. The predicted octanol–water partition coefficient (Wildman–Crippen LogP) is 5.04. The van der Waals surface area contributed by atoms with Crippen molar-refractivity contribution >= 4 is 68.3 Å². The molecular weight excluding hydrogens is 385 g/mol. The third-order valence-electron chi connectivity index (χ3n) is 3.26. The van der Waals surface area contributed by atoms with E-state index >= 15 is 0 Å². The number of aryl methyl sites for hydroxylation is 1. The number of nitrogen functional groups attached to an aromatic ring is 1. The van der Waals surface area contributed by atoms with E-state index in [1.807, 2.05) is 49.5 Å². The molecule has 2 heterocycles. The van der Waals surface area contributed by atoms with Crippen LogP contribution in [0.4, 0.5) is 21.6 Å². The Hall–Kier alpha value is -1.54. The molecule has 0 unspecified atom stereocenters. The largest absolute Gasteiger partial charge is 0.378 e. The monoisotopic (exact) mass is 401 g/mol. The molecule has 24 heavy (non-hydrogen) atoms. The van der Waals surface area contributed by atoms with Crippen molar-refractivity contribution in [3.05, 3.63) is 34.3 Å². The van der Waals surface area contributed by atoms with Crippen LogP contribution in [0.5, 0.6) is 0 Å². The van der Waals surface area contributed by atoms with E-state index in [9.17, 15) is 0 Å². The fourth-order valence-corrected chi connectivity index (χ4v) is 3.84. The highest BCUT2D eigenvalue weighted by Crippen LogP contribution is 2.35. The van der Waals surface area contributed by atoms with Gasteiger partial charge in [0, 0.05) is 25.2 Å². The van der Waals surface area contributed by atoms with Gasteiger partial charge in [0.1, 0.15) is 0 Å². The summed E-state index contributed by atoms with van der Waals surface area (Å²) >= 11 is 9.25. The molecule has 9 heteroatoms. The molecule has 0 saturated carbocycles. The van der Waals surface area contributed by atoms with E-state index in [1.54, 1.807) is 0 Å². The molecular formula is C15H17Cl2N5S2. The smallest absolute Gasteiger partial charge is 0.187 e. The first-order valence-electron chi connectivity index (χ1n) is 6.86. The first kappa shape index (κ1) is 18.8.